The molecule has 0 saturated heterocycles. The third kappa shape index (κ3) is 1.79. The monoisotopic (exact) mass is 186 g/mol. The zero-order valence-electron chi connectivity index (χ0n) is 8.39. The first-order chi connectivity index (χ1) is 6.16. The lowest BCUT2D eigenvalue weighted by Crippen LogP contribution is -1.82. The van der Waals surface area contributed by atoms with Crippen molar-refractivity contribution in [2.75, 3.05) is 0 Å². The van der Waals surface area contributed by atoms with Crippen molar-refractivity contribution >= 4 is 10.8 Å². The fraction of sp³-hybridized carbons (Fsp3) is 0.286. The molecule has 0 heterocycles. The van der Waals surface area contributed by atoms with Crippen LogP contribution < -0.4 is 0 Å². The summed E-state index contributed by atoms with van der Waals surface area (Å²) in [5.41, 5.74) is 4.07. The van der Waals surface area contributed by atoms with Crippen LogP contribution in [0.2, 0.25) is 0 Å². The largest absolute Gasteiger partial charge is 0.0776 e. The lowest BCUT2D eigenvalue weighted by Gasteiger charge is -2.04. The Morgan fingerprint density at radius 2 is 1.29 bits per heavy atom. The van der Waals surface area contributed by atoms with Gasteiger partial charge in [-0.1, -0.05) is 43.3 Å². The third-order valence-electron chi connectivity index (χ3n) is 2.61. The highest BCUT2D eigenvalue weighted by Gasteiger charge is 1.97. The van der Waals surface area contributed by atoms with Gasteiger partial charge in [-0.05, 0) is 42.7 Å². The van der Waals surface area contributed by atoms with Crippen molar-refractivity contribution in [2.45, 2.75) is 28.2 Å². The molecule has 0 saturated carbocycles. The molecule has 0 heteroatoms. The first kappa shape index (κ1) is 10.8. The van der Waals surface area contributed by atoms with Gasteiger partial charge in [0.05, 0.1) is 0 Å². The standard InChI is InChI=1S/C13H14.CH4/c1-9-4-5-12-7-10(2)11(3)8-13(12)6-9;/h4-8H,1-3H3;1H4. The molecule has 0 amide bonds. The molecule has 0 aliphatic rings. The minimum atomic E-state index is 0. The van der Waals surface area contributed by atoms with Crippen LogP contribution in [0.25, 0.3) is 10.8 Å². The molecule has 0 aliphatic carbocycles. The van der Waals surface area contributed by atoms with Crippen molar-refractivity contribution in [1.82, 2.24) is 0 Å². The summed E-state index contributed by atoms with van der Waals surface area (Å²) in [6.45, 7) is 6.46. The van der Waals surface area contributed by atoms with Crippen LogP contribution in [0, 0.1) is 20.8 Å². The lowest BCUT2D eigenvalue weighted by atomic mass is 10.0. The topological polar surface area (TPSA) is 0 Å². The molecule has 0 atom stereocenters. The van der Waals surface area contributed by atoms with Crippen molar-refractivity contribution in [3.8, 4) is 0 Å². The van der Waals surface area contributed by atoms with Crippen LogP contribution in [0.4, 0.5) is 0 Å². The maximum absolute atomic E-state index is 2.26. The van der Waals surface area contributed by atoms with Crippen LogP contribution in [-0.4, -0.2) is 0 Å². The maximum atomic E-state index is 2.26. The van der Waals surface area contributed by atoms with E-state index in [1.165, 1.54) is 27.5 Å². The van der Waals surface area contributed by atoms with E-state index < -0.39 is 0 Å². The molecule has 2 aromatic rings. The first-order valence-corrected chi connectivity index (χ1v) is 4.64. The average molecular weight is 186 g/mol. The van der Waals surface area contributed by atoms with E-state index in [9.17, 15) is 0 Å². The highest BCUT2D eigenvalue weighted by molar-refractivity contribution is 5.84. The van der Waals surface area contributed by atoms with E-state index in [1.54, 1.807) is 0 Å². The normalized spacial score (nSPS) is 9.93. The summed E-state index contributed by atoms with van der Waals surface area (Å²) in [6, 6.07) is 11.1. The third-order valence-corrected chi connectivity index (χ3v) is 2.61. The molecule has 0 spiro atoms. The van der Waals surface area contributed by atoms with Gasteiger partial charge in [0.25, 0.3) is 0 Å². The smallest absolute Gasteiger partial charge is 0.0179 e. The van der Waals surface area contributed by atoms with Gasteiger partial charge in [-0.3, -0.25) is 0 Å². The van der Waals surface area contributed by atoms with Crippen LogP contribution in [0.5, 0.6) is 0 Å². The molecule has 2 aromatic carbocycles. The molecule has 0 unspecified atom stereocenters. The summed E-state index contributed by atoms with van der Waals surface area (Å²) < 4.78 is 0. The predicted molar refractivity (Wildman–Crippen MR) is 64.9 cm³/mol. The zero-order chi connectivity index (χ0) is 9.42. The highest BCUT2D eigenvalue weighted by atomic mass is 14.0. The van der Waals surface area contributed by atoms with Crippen molar-refractivity contribution < 1.29 is 0 Å². The Hall–Kier alpha value is -1.30. The average Bonchev–Trinajstić information content (AvgIpc) is 2.08. The maximum Gasteiger partial charge on any atom is -0.0179 e. The summed E-state index contributed by atoms with van der Waals surface area (Å²) in [6.07, 6.45) is 0. The Morgan fingerprint density at radius 1 is 0.714 bits per heavy atom. The summed E-state index contributed by atoms with van der Waals surface area (Å²) in [5, 5.41) is 2.69. The molecular weight excluding hydrogens is 168 g/mol. The summed E-state index contributed by atoms with van der Waals surface area (Å²) in [7, 11) is 0. The summed E-state index contributed by atoms with van der Waals surface area (Å²) in [4.78, 5) is 0. The fourth-order valence-corrected chi connectivity index (χ4v) is 1.64. The van der Waals surface area contributed by atoms with Gasteiger partial charge in [-0.2, -0.15) is 0 Å². The van der Waals surface area contributed by atoms with Crippen molar-refractivity contribution in [3.05, 3.63) is 47.0 Å². The van der Waals surface area contributed by atoms with E-state index in [2.05, 4.69) is 51.1 Å². The number of hydrogen-bond donors (Lipinski definition) is 0. The van der Waals surface area contributed by atoms with Crippen LogP contribution in [0.3, 0.4) is 0 Å². The second-order valence-corrected chi connectivity index (χ2v) is 3.79. The molecule has 0 aromatic heterocycles. The Kier molecular flexibility index (Phi) is 2.95. The van der Waals surface area contributed by atoms with Crippen molar-refractivity contribution in [2.24, 2.45) is 0 Å². The van der Waals surface area contributed by atoms with Gasteiger partial charge in [0.2, 0.25) is 0 Å². The molecule has 0 fully saturated rings. The molecular formula is C14H18. The predicted octanol–water partition coefficient (Wildman–Crippen LogP) is 4.40. The Bertz CT molecular complexity index is 453. The molecule has 74 valence electrons. The number of aryl methyl sites for hydroxylation is 3. The first-order valence-electron chi connectivity index (χ1n) is 4.64. The quantitative estimate of drug-likeness (QED) is 0.572. The molecule has 0 aliphatic heterocycles. The molecule has 0 radical (unpaired) electrons. The second-order valence-electron chi connectivity index (χ2n) is 3.79. The van der Waals surface area contributed by atoms with Crippen LogP contribution in [0.1, 0.15) is 24.1 Å². The van der Waals surface area contributed by atoms with E-state index >= 15 is 0 Å². The summed E-state index contributed by atoms with van der Waals surface area (Å²) in [5.74, 6) is 0. The van der Waals surface area contributed by atoms with Gasteiger partial charge in [-0.25, -0.2) is 0 Å². The van der Waals surface area contributed by atoms with E-state index in [-0.39, 0.29) is 7.43 Å². The molecule has 2 rings (SSSR count). The minimum absolute atomic E-state index is 0. The molecule has 0 N–H and O–H groups in total. The summed E-state index contributed by atoms with van der Waals surface area (Å²) >= 11 is 0. The second kappa shape index (κ2) is 3.83. The van der Waals surface area contributed by atoms with Gasteiger partial charge < -0.3 is 0 Å². The lowest BCUT2D eigenvalue weighted by molar-refractivity contribution is 1.36. The number of hydrogen-bond acceptors (Lipinski definition) is 0. The van der Waals surface area contributed by atoms with Crippen LogP contribution >= 0.6 is 0 Å². The minimum Gasteiger partial charge on any atom is -0.0776 e. The zero-order valence-corrected chi connectivity index (χ0v) is 8.39. The highest BCUT2D eigenvalue weighted by Crippen LogP contribution is 2.20. The SMILES string of the molecule is C.Cc1ccc2cc(C)c(C)cc2c1. The molecule has 14 heavy (non-hydrogen) atoms. The van der Waals surface area contributed by atoms with Crippen LogP contribution in [-0.2, 0) is 0 Å². The number of rotatable bonds is 0. The van der Waals surface area contributed by atoms with E-state index in [4.69, 9.17) is 0 Å². The van der Waals surface area contributed by atoms with Gasteiger partial charge in [0.15, 0.2) is 0 Å². The van der Waals surface area contributed by atoms with Gasteiger partial charge >= 0.3 is 0 Å². The Morgan fingerprint density at radius 3 is 1.93 bits per heavy atom. The fourth-order valence-electron chi connectivity index (χ4n) is 1.64. The van der Waals surface area contributed by atoms with E-state index in [1.807, 2.05) is 0 Å². The van der Waals surface area contributed by atoms with E-state index in [0.717, 1.165) is 0 Å². The van der Waals surface area contributed by atoms with Gasteiger partial charge in [-0.15, -0.1) is 0 Å². The number of benzene rings is 2. The molecule has 0 nitrogen and oxygen atoms in total. The van der Waals surface area contributed by atoms with E-state index in [0.29, 0.717) is 0 Å². The number of fused-ring (bicyclic) bond motifs is 1. The van der Waals surface area contributed by atoms with Crippen molar-refractivity contribution in [1.29, 1.82) is 0 Å². The van der Waals surface area contributed by atoms with Gasteiger partial charge in [0, 0.05) is 0 Å². The van der Waals surface area contributed by atoms with Gasteiger partial charge in [0.1, 0.15) is 0 Å². The molecule has 0 bridgehead atoms. The Balaban J connectivity index is 0.000000980. The Labute approximate surface area is 86.6 Å². The van der Waals surface area contributed by atoms with Crippen LogP contribution in [0.15, 0.2) is 30.3 Å². The van der Waals surface area contributed by atoms with Crippen molar-refractivity contribution in [3.63, 3.8) is 0 Å².